The Kier molecular flexibility index (Phi) is 5.34. The maximum absolute atomic E-state index is 11.6. The van der Waals surface area contributed by atoms with Crippen LogP contribution in [0, 0.1) is 6.92 Å². The Morgan fingerprint density at radius 2 is 2.31 bits per heavy atom. The van der Waals surface area contributed by atoms with Crippen molar-refractivity contribution in [3.8, 4) is 0 Å². The van der Waals surface area contributed by atoms with Crippen molar-refractivity contribution in [1.82, 2.24) is 5.32 Å². The van der Waals surface area contributed by atoms with Crippen LogP contribution in [-0.4, -0.2) is 35.0 Å². The number of carbonyl (C=O) groups is 2. The Morgan fingerprint density at radius 3 is 2.88 bits per heavy atom. The highest BCUT2D eigenvalue weighted by molar-refractivity contribution is 7.99. The summed E-state index contributed by atoms with van der Waals surface area (Å²) in [4.78, 5) is 22.5. The van der Waals surface area contributed by atoms with Crippen molar-refractivity contribution in [2.75, 3.05) is 18.1 Å². The number of thiophene rings is 1. The first kappa shape index (κ1) is 13.1. The first-order valence-electron chi connectivity index (χ1n) is 4.73. The van der Waals surface area contributed by atoms with Gasteiger partial charge in [-0.05, 0) is 23.9 Å². The second-order valence-electron chi connectivity index (χ2n) is 3.13. The summed E-state index contributed by atoms with van der Waals surface area (Å²) in [6.45, 7) is 2.39. The minimum absolute atomic E-state index is 0.0773. The van der Waals surface area contributed by atoms with Crippen LogP contribution < -0.4 is 5.32 Å². The minimum Gasteiger partial charge on any atom is -0.481 e. The van der Waals surface area contributed by atoms with Crippen molar-refractivity contribution in [2.24, 2.45) is 0 Å². The van der Waals surface area contributed by atoms with E-state index in [1.807, 2.05) is 18.4 Å². The van der Waals surface area contributed by atoms with Crippen molar-refractivity contribution >= 4 is 35.0 Å². The molecule has 0 radical (unpaired) electrons. The van der Waals surface area contributed by atoms with Gasteiger partial charge in [-0.15, -0.1) is 23.1 Å². The van der Waals surface area contributed by atoms with Gasteiger partial charge in [-0.1, -0.05) is 0 Å². The largest absolute Gasteiger partial charge is 0.481 e. The maximum Gasteiger partial charge on any atom is 0.313 e. The van der Waals surface area contributed by atoms with Gasteiger partial charge in [0.2, 0.25) is 0 Å². The average Bonchev–Trinajstić information content (AvgIpc) is 2.63. The first-order chi connectivity index (χ1) is 7.61. The summed E-state index contributed by atoms with van der Waals surface area (Å²) in [5, 5.41) is 13.0. The number of carbonyl (C=O) groups excluding carboxylic acids is 1. The van der Waals surface area contributed by atoms with Crippen molar-refractivity contribution in [3.63, 3.8) is 0 Å². The molecule has 4 nitrogen and oxygen atoms in total. The zero-order chi connectivity index (χ0) is 12.0. The van der Waals surface area contributed by atoms with E-state index in [9.17, 15) is 9.59 Å². The number of hydrogen-bond donors (Lipinski definition) is 2. The van der Waals surface area contributed by atoms with Gasteiger partial charge in [0, 0.05) is 12.3 Å². The number of nitrogens with one attached hydrogen (secondary N) is 1. The van der Waals surface area contributed by atoms with Gasteiger partial charge in [0.05, 0.1) is 10.6 Å². The van der Waals surface area contributed by atoms with Gasteiger partial charge < -0.3 is 10.4 Å². The summed E-state index contributed by atoms with van der Waals surface area (Å²) in [6.07, 6.45) is 0. The van der Waals surface area contributed by atoms with Crippen molar-refractivity contribution < 1.29 is 14.7 Å². The lowest BCUT2D eigenvalue weighted by Gasteiger charge is -2.03. The average molecular weight is 259 g/mol. The number of carboxylic acids is 1. The molecule has 1 aromatic rings. The number of aliphatic carboxylic acids is 1. The Labute approximate surface area is 102 Å². The number of aryl methyl sites for hydroxylation is 1. The van der Waals surface area contributed by atoms with Gasteiger partial charge in [-0.25, -0.2) is 0 Å². The van der Waals surface area contributed by atoms with Crippen LogP contribution >= 0.6 is 23.1 Å². The highest BCUT2D eigenvalue weighted by Crippen LogP contribution is 2.14. The number of carboxylic acid groups (broad SMARTS) is 1. The molecule has 0 aliphatic rings. The fraction of sp³-hybridized carbons (Fsp3) is 0.400. The van der Waals surface area contributed by atoms with Crippen LogP contribution in [0.5, 0.6) is 0 Å². The minimum atomic E-state index is -0.828. The van der Waals surface area contributed by atoms with Gasteiger partial charge in [-0.3, -0.25) is 9.59 Å². The second kappa shape index (κ2) is 6.55. The third-order valence-electron chi connectivity index (χ3n) is 1.83. The molecule has 2 N–H and O–H groups in total. The SMILES string of the molecule is Cc1ccsc1C(=O)NCCSCC(=O)O. The lowest BCUT2D eigenvalue weighted by molar-refractivity contribution is -0.133. The van der Waals surface area contributed by atoms with Gasteiger partial charge in [-0.2, -0.15) is 0 Å². The Balaban J connectivity index is 2.21. The van der Waals surface area contributed by atoms with Crippen LogP contribution in [0.3, 0.4) is 0 Å². The molecule has 0 bridgehead atoms. The van der Waals surface area contributed by atoms with Gasteiger partial charge in [0.25, 0.3) is 5.91 Å². The molecule has 0 atom stereocenters. The molecule has 1 heterocycles. The van der Waals surface area contributed by atoms with Crippen LogP contribution in [0.2, 0.25) is 0 Å². The van der Waals surface area contributed by atoms with Crippen molar-refractivity contribution in [2.45, 2.75) is 6.92 Å². The van der Waals surface area contributed by atoms with Crippen LogP contribution in [0.1, 0.15) is 15.2 Å². The van der Waals surface area contributed by atoms with Gasteiger partial charge in [0.15, 0.2) is 0 Å². The van der Waals surface area contributed by atoms with E-state index in [1.54, 1.807) is 0 Å². The molecular weight excluding hydrogens is 246 g/mol. The smallest absolute Gasteiger partial charge is 0.313 e. The van der Waals surface area contributed by atoms with Crippen LogP contribution in [0.4, 0.5) is 0 Å². The number of rotatable bonds is 6. The summed E-state index contributed by atoms with van der Waals surface area (Å²) in [7, 11) is 0. The third kappa shape index (κ3) is 4.24. The quantitative estimate of drug-likeness (QED) is 0.762. The van der Waals surface area contributed by atoms with Crippen LogP contribution in [-0.2, 0) is 4.79 Å². The monoisotopic (exact) mass is 259 g/mol. The molecular formula is C10H13NO3S2. The molecule has 0 aliphatic carbocycles. The molecule has 0 unspecified atom stereocenters. The predicted octanol–water partition coefficient (Wildman–Crippen LogP) is 1.60. The number of amides is 1. The molecule has 16 heavy (non-hydrogen) atoms. The number of thioether (sulfide) groups is 1. The summed E-state index contributed by atoms with van der Waals surface area (Å²) in [5.74, 6) is -0.218. The standard InChI is InChI=1S/C10H13NO3S2/c1-7-2-4-16-9(7)10(14)11-3-5-15-6-8(12)13/h2,4H,3,5-6H2,1H3,(H,11,14)(H,12,13). The van der Waals surface area contributed by atoms with E-state index >= 15 is 0 Å². The highest BCUT2D eigenvalue weighted by atomic mass is 32.2. The fourth-order valence-electron chi connectivity index (χ4n) is 1.08. The van der Waals surface area contributed by atoms with E-state index in [4.69, 9.17) is 5.11 Å². The van der Waals surface area contributed by atoms with E-state index in [0.29, 0.717) is 12.3 Å². The molecule has 0 saturated heterocycles. The molecule has 6 heteroatoms. The molecule has 1 amide bonds. The molecule has 0 saturated carbocycles. The molecule has 0 spiro atoms. The molecule has 0 aliphatic heterocycles. The normalized spacial score (nSPS) is 10.1. The van der Waals surface area contributed by atoms with Crippen molar-refractivity contribution in [1.29, 1.82) is 0 Å². The fourth-order valence-corrected chi connectivity index (χ4v) is 2.49. The first-order valence-corrected chi connectivity index (χ1v) is 6.76. The van der Waals surface area contributed by atoms with E-state index in [-0.39, 0.29) is 11.7 Å². The second-order valence-corrected chi connectivity index (χ2v) is 5.16. The van der Waals surface area contributed by atoms with Crippen molar-refractivity contribution in [3.05, 3.63) is 21.9 Å². The Morgan fingerprint density at radius 1 is 1.56 bits per heavy atom. The van der Waals surface area contributed by atoms with E-state index in [0.717, 1.165) is 10.4 Å². The van der Waals surface area contributed by atoms with E-state index < -0.39 is 5.97 Å². The zero-order valence-corrected chi connectivity index (χ0v) is 10.5. The molecule has 0 aromatic carbocycles. The van der Waals surface area contributed by atoms with E-state index in [1.165, 1.54) is 23.1 Å². The molecule has 0 fully saturated rings. The highest BCUT2D eigenvalue weighted by Gasteiger charge is 2.09. The Hall–Kier alpha value is -1.01. The third-order valence-corrected chi connectivity index (χ3v) is 3.78. The van der Waals surface area contributed by atoms with Crippen LogP contribution in [0.15, 0.2) is 11.4 Å². The molecule has 1 rings (SSSR count). The lowest BCUT2D eigenvalue weighted by atomic mass is 10.3. The van der Waals surface area contributed by atoms with Crippen LogP contribution in [0.25, 0.3) is 0 Å². The predicted molar refractivity (Wildman–Crippen MR) is 66.4 cm³/mol. The molecule has 1 aromatic heterocycles. The lowest BCUT2D eigenvalue weighted by Crippen LogP contribution is -2.25. The zero-order valence-electron chi connectivity index (χ0n) is 8.86. The maximum atomic E-state index is 11.6. The summed E-state index contributed by atoms with van der Waals surface area (Å²) < 4.78 is 0. The van der Waals surface area contributed by atoms with Gasteiger partial charge >= 0.3 is 5.97 Å². The summed E-state index contributed by atoms with van der Waals surface area (Å²) in [5.41, 5.74) is 0.973. The van der Waals surface area contributed by atoms with Gasteiger partial charge in [0.1, 0.15) is 0 Å². The van der Waals surface area contributed by atoms with E-state index in [2.05, 4.69) is 5.32 Å². The summed E-state index contributed by atoms with van der Waals surface area (Å²) in [6, 6.07) is 1.90. The Bertz CT molecular complexity index is 376. The summed E-state index contributed by atoms with van der Waals surface area (Å²) >= 11 is 2.71. The topological polar surface area (TPSA) is 66.4 Å². The number of hydrogen-bond acceptors (Lipinski definition) is 4. The molecule has 88 valence electrons.